The number of thiazole rings is 1. The van der Waals surface area contributed by atoms with Gasteiger partial charge in [0.25, 0.3) is 0 Å². The van der Waals surface area contributed by atoms with Gasteiger partial charge in [0.15, 0.2) is 0 Å². The minimum atomic E-state index is 0.454. The lowest BCUT2D eigenvalue weighted by atomic mass is 9.91. The van der Waals surface area contributed by atoms with Crippen molar-refractivity contribution in [2.75, 3.05) is 6.54 Å². The summed E-state index contributed by atoms with van der Waals surface area (Å²) in [5.74, 6) is 0.454. The standard InChI is InChI=1S/C14H17N3S/c1-9-5-6-16-8-11(9)14-17-13-10(7-15)3-2-4-12(13)18-14/h5-6,8,10H,2-4,7,15H2,1H3. The smallest absolute Gasteiger partial charge is 0.125 e. The van der Waals surface area contributed by atoms with Crippen molar-refractivity contribution in [3.63, 3.8) is 0 Å². The van der Waals surface area contributed by atoms with Gasteiger partial charge in [0.1, 0.15) is 5.01 Å². The van der Waals surface area contributed by atoms with E-state index in [0.717, 1.165) is 17.0 Å². The van der Waals surface area contributed by atoms with Gasteiger partial charge in [-0.3, -0.25) is 4.98 Å². The molecular formula is C14H17N3S. The Morgan fingerprint density at radius 1 is 1.50 bits per heavy atom. The van der Waals surface area contributed by atoms with Crippen molar-refractivity contribution in [1.82, 2.24) is 9.97 Å². The first-order valence-electron chi connectivity index (χ1n) is 6.40. The molecule has 4 heteroatoms. The molecule has 0 amide bonds. The van der Waals surface area contributed by atoms with Crippen LogP contribution >= 0.6 is 11.3 Å². The number of hydrogen-bond donors (Lipinski definition) is 1. The van der Waals surface area contributed by atoms with E-state index in [4.69, 9.17) is 10.7 Å². The zero-order valence-corrected chi connectivity index (χ0v) is 11.3. The normalized spacial score (nSPS) is 18.7. The summed E-state index contributed by atoms with van der Waals surface area (Å²) in [5.41, 5.74) is 9.49. The molecule has 3 rings (SSSR count). The Labute approximate surface area is 111 Å². The van der Waals surface area contributed by atoms with E-state index >= 15 is 0 Å². The Hall–Kier alpha value is -1.26. The third-order valence-electron chi connectivity index (χ3n) is 3.62. The average molecular weight is 259 g/mol. The highest BCUT2D eigenvalue weighted by atomic mass is 32.1. The maximum atomic E-state index is 5.85. The lowest BCUT2D eigenvalue weighted by molar-refractivity contribution is 0.554. The third-order valence-corrected chi connectivity index (χ3v) is 4.79. The minimum absolute atomic E-state index is 0.454. The van der Waals surface area contributed by atoms with Crippen LogP contribution in [0.3, 0.4) is 0 Å². The van der Waals surface area contributed by atoms with Gasteiger partial charge in [-0.05, 0) is 37.8 Å². The zero-order chi connectivity index (χ0) is 12.5. The van der Waals surface area contributed by atoms with Crippen LogP contribution < -0.4 is 5.73 Å². The minimum Gasteiger partial charge on any atom is -0.330 e. The van der Waals surface area contributed by atoms with Crippen LogP contribution in [-0.4, -0.2) is 16.5 Å². The molecule has 1 aliphatic carbocycles. The van der Waals surface area contributed by atoms with Gasteiger partial charge in [-0.25, -0.2) is 4.98 Å². The predicted octanol–water partition coefficient (Wildman–Crippen LogP) is 2.89. The number of rotatable bonds is 2. The van der Waals surface area contributed by atoms with E-state index in [1.54, 1.807) is 0 Å². The molecule has 0 saturated carbocycles. The summed E-state index contributed by atoms with van der Waals surface area (Å²) in [5, 5.41) is 1.10. The molecule has 1 aliphatic rings. The summed E-state index contributed by atoms with van der Waals surface area (Å²) in [6, 6.07) is 2.04. The molecule has 3 nitrogen and oxygen atoms in total. The molecule has 0 spiro atoms. The SMILES string of the molecule is Cc1ccncc1-c1nc2c(s1)CCCC2CN. The molecular weight excluding hydrogens is 242 g/mol. The van der Waals surface area contributed by atoms with Crippen LogP contribution in [0.4, 0.5) is 0 Å². The maximum absolute atomic E-state index is 5.85. The van der Waals surface area contributed by atoms with E-state index < -0.39 is 0 Å². The summed E-state index contributed by atoms with van der Waals surface area (Å²) in [6.07, 6.45) is 7.32. The molecule has 0 aliphatic heterocycles. The predicted molar refractivity (Wildman–Crippen MR) is 74.8 cm³/mol. The van der Waals surface area contributed by atoms with Crippen molar-refractivity contribution in [1.29, 1.82) is 0 Å². The first kappa shape index (κ1) is 11.8. The summed E-state index contributed by atoms with van der Waals surface area (Å²) in [7, 11) is 0. The maximum Gasteiger partial charge on any atom is 0.125 e. The summed E-state index contributed by atoms with van der Waals surface area (Å²) < 4.78 is 0. The fourth-order valence-corrected chi connectivity index (χ4v) is 3.80. The number of hydrogen-bond acceptors (Lipinski definition) is 4. The second kappa shape index (κ2) is 4.78. The van der Waals surface area contributed by atoms with Crippen LogP contribution in [0.15, 0.2) is 18.5 Å². The molecule has 1 atom stereocenters. The Kier molecular flexibility index (Phi) is 3.14. The average Bonchev–Trinajstić information content (AvgIpc) is 2.82. The molecule has 0 radical (unpaired) electrons. The van der Waals surface area contributed by atoms with Crippen molar-refractivity contribution in [3.05, 3.63) is 34.6 Å². The van der Waals surface area contributed by atoms with E-state index in [1.165, 1.54) is 29.0 Å². The lowest BCUT2D eigenvalue weighted by Crippen LogP contribution is -2.17. The Bertz CT molecular complexity index is 562. The van der Waals surface area contributed by atoms with Crippen LogP contribution in [0.2, 0.25) is 0 Å². The molecule has 2 aromatic rings. The van der Waals surface area contributed by atoms with E-state index in [9.17, 15) is 0 Å². The van der Waals surface area contributed by atoms with E-state index in [-0.39, 0.29) is 0 Å². The van der Waals surface area contributed by atoms with E-state index in [2.05, 4.69) is 11.9 Å². The molecule has 94 valence electrons. The van der Waals surface area contributed by atoms with Crippen LogP contribution in [-0.2, 0) is 6.42 Å². The van der Waals surface area contributed by atoms with Gasteiger partial charge < -0.3 is 5.73 Å². The van der Waals surface area contributed by atoms with Gasteiger partial charge in [0, 0.05) is 35.3 Å². The molecule has 1 unspecified atom stereocenters. The van der Waals surface area contributed by atoms with Gasteiger partial charge in [0.05, 0.1) is 5.69 Å². The van der Waals surface area contributed by atoms with Crippen LogP contribution in [0.1, 0.15) is 34.9 Å². The number of aryl methyl sites for hydroxylation is 2. The van der Waals surface area contributed by atoms with Gasteiger partial charge in [0.2, 0.25) is 0 Å². The van der Waals surface area contributed by atoms with Crippen molar-refractivity contribution < 1.29 is 0 Å². The van der Waals surface area contributed by atoms with Crippen LogP contribution in [0, 0.1) is 6.92 Å². The van der Waals surface area contributed by atoms with Gasteiger partial charge in [-0.15, -0.1) is 11.3 Å². The molecule has 2 N–H and O–H groups in total. The molecule has 0 aromatic carbocycles. The molecule has 0 fully saturated rings. The van der Waals surface area contributed by atoms with Gasteiger partial charge in [-0.1, -0.05) is 0 Å². The van der Waals surface area contributed by atoms with Gasteiger partial charge >= 0.3 is 0 Å². The second-order valence-electron chi connectivity index (χ2n) is 4.84. The molecule has 2 heterocycles. The topological polar surface area (TPSA) is 51.8 Å². The second-order valence-corrected chi connectivity index (χ2v) is 5.93. The largest absolute Gasteiger partial charge is 0.330 e. The zero-order valence-electron chi connectivity index (χ0n) is 10.5. The highest BCUT2D eigenvalue weighted by molar-refractivity contribution is 7.15. The summed E-state index contributed by atoms with van der Waals surface area (Å²) >= 11 is 1.82. The highest BCUT2D eigenvalue weighted by Gasteiger charge is 2.24. The molecule has 2 aromatic heterocycles. The first-order chi connectivity index (χ1) is 8.79. The van der Waals surface area contributed by atoms with E-state index in [0.29, 0.717) is 12.5 Å². The van der Waals surface area contributed by atoms with Crippen molar-refractivity contribution in [2.24, 2.45) is 5.73 Å². The lowest BCUT2D eigenvalue weighted by Gasteiger charge is -2.18. The Morgan fingerprint density at radius 2 is 2.39 bits per heavy atom. The summed E-state index contributed by atoms with van der Waals surface area (Å²) in [4.78, 5) is 10.5. The third kappa shape index (κ3) is 1.95. The molecule has 0 bridgehead atoms. The van der Waals surface area contributed by atoms with Gasteiger partial charge in [-0.2, -0.15) is 0 Å². The highest BCUT2D eigenvalue weighted by Crippen LogP contribution is 2.38. The Balaban J connectivity index is 2.05. The van der Waals surface area contributed by atoms with Crippen LogP contribution in [0.5, 0.6) is 0 Å². The molecule has 18 heavy (non-hydrogen) atoms. The van der Waals surface area contributed by atoms with Crippen molar-refractivity contribution in [2.45, 2.75) is 32.1 Å². The van der Waals surface area contributed by atoms with Crippen LogP contribution in [0.25, 0.3) is 10.6 Å². The van der Waals surface area contributed by atoms with Crippen molar-refractivity contribution in [3.8, 4) is 10.6 Å². The first-order valence-corrected chi connectivity index (χ1v) is 7.22. The fraction of sp³-hybridized carbons (Fsp3) is 0.429. The fourth-order valence-electron chi connectivity index (χ4n) is 2.54. The number of nitrogens with two attached hydrogens (primary N) is 1. The van der Waals surface area contributed by atoms with E-state index in [1.807, 2.05) is 29.8 Å². The molecule has 0 saturated heterocycles. The monoisotopic (exact) mass is 259 g/mol. The Morgan fingerprint density at radius 3 is 3.17 bits per heavy atom. The number of aromatic nitrogens is 2. The quantitative estimate of drug-likeness (QED) is 0.902. The number of pyridine rings is 1. The number of fused-ring (bicyclic) bond motifs is 1. The summed E-state index contributed by atoms with van der Waals surface area (Å²) in [6.45, 7) is 2.82. The van der Waals surface area contributed by atoms with Crippen molar-refractivity contribution >= 4 is 11.3 Å². The number of nitrogens with zero attached hydrogens (tertiary/aromatic N) is 2.